The second-order valence-electron chi connectivity index (χ2n) is 4.65. The molecular formula is C16H10FN3. The summed E-state index contributed by atoms with van der Waals surface area (Å²) in [6, 6.07) is 13.1. The lowest BCUT2D eigenvalue weighted by Gasteiger charge is -2.01. The van der Waals surface area contributed by atoms with Crippen molar-refractivity contribution in [2.24, 2.45) is 0 Å². The zero-order valence-electron chi connectivity index (χ0n) is 10.5. The SMILES string of the molecule is Fc1ccc(-c2ccc3c(c2)[nH]c2cccnc23)cn1. The van der Waals surface area contributed by atoms with Crippen molar-refractivity contribution in [2.45, 2.75) is 0 Å². The Kier molecular flexibility index (Phi) is 2.29. The summed E-state index contributed by atoms with van der Waals surface area (Å²) in [5, 5.41) is 1.08. The van der Waals surface area contributed by atoms with Crippen molar-refractivity contribution < 1.29 is 4.39 Å². The van der Waals surface area contributed by atoms with Crippen LogP contribution in [0.2, 0.25) is 0 Å². The molecule has 0 aliphatic heterocycles. The first-order valence-corrected chi connectivity index (χ1v) is 6.30. The molecule has 1 N–H and O–H groups in total. The number of fused-ring (bicyclic) bond motifs is 3. The zero-order chi connectivity index (χ0) is 13.5. The van der Waals surface area contributed by atoms with E-state index in [1.165, 1.54) is 12.3 Å². The molecule has 4 rings (SSSR count). The van der Waals surface area contributed by atoms with Crippen molar-refractivity contribution in [1.82, 2.24) is 15.0 Å². The highest BCUT2D eigenvalue weighted by molar-refractivity contribution is 6.05. The molecule has 0 saturated carbocycles. The van der Waals surface area contributed by atoms with Gasteiger partial charge in [-0.05, 0) is 35.9 Å². The predicted octanol–water partition coefficient (Wildman–Crippen LogP) is 3.92. The van der Waals surface area contributed by atoms with Crippen LogP contribution in [0.3, 0.4) is 0 Å². The largest absolute Gasteiger partial charge is 0.353 e. The molecule has 96 valence electrons. The first-order valence-electron chi connectivity index (χ1n) is 6.30. The van der Waals surface area contributed by atoms with E-state index in [2.05, 4.69) is 15.0 Å². The van der Waals surface area contributed by atoms with Crippen LogP contribution in [0.25, 0.3) is 33.1 Å². The average Bonchev–Trinajstić information content (AvgIpc) is 2.85. The monoisotopic (exact) mass is 263 g/mol. The highest BCUT2D eigenvalue weighted by Crippen LogP contribution is 2.28. The van der Waals surface area contributed by atoms with Gasteiger partial charge in [0.25, 0.3) is 0 Å². The van der Waals surface area contributed by atoms with Crippen LogP contribution < -0.4 is 0 Å². The van der Waals surface area contributed by atoms with Crippen LogP contribution in [0.5, 0.6) is 0 Å². The molecule has 1 aromatic carbocycles. The van der Waals surface area contributed by atoms with Gasteiger partial charge in [0, 0.05) is 28.9 Å². The van der Waals surface area contributed by atoms with Gasteiger partial charge < -0.3 is 4.98 Å². The number of benzene rings is 1. The number of H-pyrrole nitrogens is 1. The van der Waals surface area contributed by atoms with Crippen LogP contribution in [0, 0.1) is 5.95 Å². The smallest absolute Gasteiger partial charge is 0.212 e. The van der Waals surface area contributed by atoms with E-state index in [1.54, 1.807) is 12.3 Å². The minimum atomic E-state index is -0.468. The minimum absolute atomic E-state index is 0.468. The number of nitrogens with one attached hydrogen (secondary N) is 1. The average molecular weight is 263 g/mol. The predicted molar refractivity (Wildman–Crippen MR) is 76.8 cm³/mol. The molecule has 3 heterocycles. The third-order valence-electron chi connectivity index (χ3n) is 3.41. The fraction of sp³-hybridized carbons (Fsp3) is 0. The summed E-state index contributed by atoms with van der Waals surface area (Å²) < 4.78 is 12.9. The van der Waals surface area contributed by atoms with E-state index in [4.69, 9.17) is 0 Å². The maximum atomic E-state index is 12.9. The van der Waals surface area contributed by atoms with E-state index in [0.717, 1.165) is 33.1 Å². The maximum Gasteiger partial charge on any atom is 0.212 e. The van der Waals surface area contributed by atoms with Gasteiger partial charge in [-0.2, -0.15) is 4.39 Å². The molecule has 0 fully saturated rings. The molecule has 4 aromatic rings. The van der Waals surface area contributed by atoms with Gasteiger partial charge in [0.05, 0.1) is 11.0 Å². The normalized spacial score (nSPS) is 11.2. The number of nitrogens with zero attached hydrogens (tertiary/aromatic N) is 2. The van der Waals surface area contributed by atoms with E-state index in [1.807, 2.05) is 30.3 Å². The number of rotatable bonds is 1. The molecule has 3 aromatic heterocycles. The van der Waals surface area contributed by atoms with E-state index >= 15 is 0 Å². The van der Waals surface area contributed by atoms with Crippen LogP contribution in [0.15, 0.2) is 54.9 Å². The van der Waals surface area contributed by atoms with Crippen molar-refractivity contribution in [3.8, 4) is 11.1 Å². The van der Waals surface area contributed by atoms with Crippen molar-refractivity contribution in [3.63, 3.8) is 0 Å². The van der Waals surface area contributed by atoms with E-state index in [9.17, 15) is 4.39 Å². The summed E-state index contributed by atoms with van der Waals surface area (Å²) >= 11 is 0. The number of pyridine rings is 2. The highest BCUT2D eigenvalue weighted by Gasteiger charge is 2.06. The first-order chi connectivity index (χ1) is 9.81. The molecule has 3 nitrogen and oxygen atoms in total. The molecule has 0 saturated heterocycles. The molecule has 0 radical (unpaired) electrons. The number of hydrogen-bond acceptors (Lipinski definition) is 2. The lowest BCUT2D eigenvalue weighted by atomic mass is 10.1. The fourth-order valence-electron chi connectivity index (χ4n) is 2.45. The number of aromatic nitrogens is 3. The molecule has 20 heavy (non-hydrogen) atoms. The van der Waals surface area contributed by atoms with E-state index < -0.39 is 5.95 Å². The van der Waals surface area contributed by atoms with Crippen LogP contribution in [-0.2, 0) is 0 Å². The second-order valence-corrected chi connectivity index (χ2v) is 4.65. The Morgan fingerprint density at radius 2 is 1.80 bits per heavy atom. The maximum absolute atomic E-state index is 12.9. The van der Waals surface area contributed by atoms with Crippen molar-refractivity contribution in [3.05, 3.63) is 60.8 Å². The highest BCUT2D eigenvalue weighted by atomic mass is 19.1. The molecule has 0 unspecified atom stereocenters. The van der Waals surface area contributed by atoms with Crippen LogP contribution in [0.1, 0.15) is 0 Å². The van der Waals surface area contributed by atoms with Gasteiger partial charge in [0.15, 0.2) is 0 Å². The van der Waals surface area contributed by atoms with Gasteiger partial charge in [0.2, 0.25) is 5.95 Å². The van der Waals surface area contributed by atoms with Crippen LogP contribution in [0.4, 0.5) is 4.39 Å². The second kappa shape index (κ2) is 4.13. The van der Waals surface area contributed by atoms with Gasteiger partial charge in [-0.1, -0.05) is 12.1 Å². The minimum Gasteiger partial charge on any atom is -0.353 e. The summed E-state index contributed by atoms with van der Waals surface area (Å²) in [5.41, 5.74) is 4.88. The lowest BCUT2D eigenvalue weighted by molar-refractivity contribution is 0.584. The number of halogens is 1. The Morgan fingerprint density at radius 3 is 2.65 bits per heavy atom. The third-order valence-corrected chi connectivity index (χ3v) is 3.41. The standard InChI is InChI=1S/C16H10FN3/c17-15-6-4-11(9-19-15)10-3-5-12-14(8-10)20-13-2-1-7-18-16(12)13/h1-9,20H. The number of aromatic amines is 1. The van der Waals surface area contributed by atoms with Crippen LogP contribution in [-0.4, -0.2) is 15.0 Å². The fourth-order valence-corrected chi connectivity index (χ4v) is 2.45. The van der Waals surface area contributed by atoms with Crippen molar-refractivity contribution in [1.29, 1.82) is 0 Å². The Bertz CT molecular complexity index is 910. The quantitative estimate of drug-likeness (QED) is 0.529. The molecule has 0 spiro atoms. The molecule has 4 heteroatoms. The summed E-state index contributed by atoms with van der Waals surface area (Å²) in [6.45, 7) is 0. The summed E-state index contributed by atoms with van der Waals surface area (Å²) in [7, 11) is 0. The Labute approximate surface area is 114 Å². The Hall–Kier alpha value is -2.75. The van der Waals surface area contributed by atoms with Crippen molar-refractivity contribution in [2.75, 3.05) is 0 Å². The van der Waals surface area contributed by atoms with Gasteiger partial charge >= 0.3 is 0 Å². The molecule has 0 amide bonds. The zero-order valence-corrected chi connectivity index (χ0v) is 10.5. The van der Waals surface area contributed by atoms with Crippen molar-refractivity contribution >= 4 is 21.9 Å². The summed E-state index contributed by atoms with van der Waals surface area (Å²) in [4.78, 5) is 11.4. The van der Waals surface area contributed by atoms with Gasteiger partial charge in [-0.3, -0.25) is 4.98 Å². The molecule has 0 atom stereocenters. The molecule has 0 aliphatic rings. The van der Waals surface area contributed by atoms with E-state index in [0.29, 0.717) is 0 Å². The summed E-state index contributed by atoms with van der Waals surface area (Å²) in [6.07, 6.45) is 3.32. The topological polar surface area (TPSA) is 41.6 Å². The summed E-state index contributed by atoms with van der Waals surface area (Å²) in [5.74, 6) is -0.468. The molecule has 0 aliphatic carbocycles. The first kappa shape index (κ1) is 11.1. The van der Waals surface area contributed by atoms with Gasteiger partial charge in [-0.15, -0.1) is 0 Å². The Balaban J connectivity index is 1.94. The van der Waals surface area contributed by atoms with Gasteiger partial charge in [-0.25, -0.2) is 4.98 Å². The lowest BCUT2D eigenvalue weighted by Crippen LogP contribution is -1.83. The number of hydrogen-bond donors (Lipinski definition) is 1. The molecule has 0 bridgehead atoms. The van der Waals surface area contributed by atoms with E-state index in [-0.39, 0.29) is 0 Å². The van der Waals surface area contributed by atoms with Crippen LogP contribution >= 0.6 is 0 Å². The van der Waals surface area contributed by atoms with Gasteiger partial charge in [0.1, 0.15) is 0 Å². The third kappa shape index (κ3) is 1.66. The Morgan fingerprint density at radius 1 is 0.900 bits per heavy atom. The molecular weight excluding hydrogens is 253 g/mol.